The van der Waals surface area contributed by atoms with Gasteiger partial charge in [-0.1, -0.05) is 11.8 Å². The molecule has 0 radical (unpaired) electrons. The van der Waals surface area contributed by atoms with Gasteiger partial charge >= 0.3 is 0 Å². The van der Waals surface area contributed by atoms with Crippen molar-refractivity contribution >= 4 is 29.0 Å². The molecule has 0 aliphatic carbocycles. The number of anilines is 2. The quantitative estimate of drug-likeness (QED) is 0.503. The van der Waals surface area contributed by atoms with Gasteiger partial charge in [-0.3, -0.25) is 4.79 Å². The Morgan fingerprint density at radius 1 is 1.06 bits per heavy atom. The molecule has 162 valence electrons. The average molecular weight is 439 g/mol. The molecule has 0 unspecified atom stereocenters. The molecule has 2 aromatic carbocycles. The third-order valence-corrected chi connectivity index (χ3v) is 5.84. The summed E-state index contributed by atoms with van der Waals surface area (Å²) in [5.74, 6) is 1.29. The molecule has 8 heteroatoms. The van der Waals surface area contributed by atoms with Gasteiger partial charge in [0.25, 0.3) is 5.22 Å². The lowest BCUT2D eigenvalue weighted by Gasteiger charge is -2.28. The van der Waals surface area contributed by atoms with E-state index < -0.39 is 0 Å². The maximum absolute atomic E-state index is 12.3. The van der Waals surface area contributed by atoms with Crippen molar-refractivity contribution in [2.45, 2.75) is 31.4 Å². The van der Waals surface area contributed by atoms with Gasteiger partial charge < -0.3 is 19.4 Å². The van der Waals surface area contributed by atoms with Crippen LogP contribution in [0.3, 0.4) is 0 Å². The molecule has 3 aromatic rings. The SMILES string of the molecule is CCOc1ccc(-c2nnc(SCC(=O)Nc3ccc(N4CCCCC4)cc3)o2)cc1. The van der Waals surface area contributed by atoms with Gasteiger partial charge in [0.15, 0.2) is 0 Å². The molecule has 4 rings (SSSR count). The Morgan fingerprint density at radius 2 is 1.81 bits per heavy atom. The summed E-state index contributed by atoms with van der Waals surface area (Å²) in [6.07, 6.45) is 3.79. The van der Waals surface area contributed by atoms with E-state index in [1.165, 1.54) is 36.7 Å². The summed E-state index contributed by atoms with van der Waals surface area (Å²) < 4.78 is 11.1. The fourth-order valence-corrected chi connectivity index (χ4v) is 4.04. The number of thioether (sulfide) groups is 1. The normalized spacial score (nSPS) is 13.8. The number of nitrogens with zero attached hydrogens (tertiary/aromatic N) is 3. The summed E-state index contributed by atoms with van der Waals surface area (Å²) in [6.45, 7) is 4.76. The molecule has 1 aliphatic heterocycles. The number of aromatic nitrogens is 2. The maximum atomic E-state index is 12.3. The third-order valence-electron chi connectivity index (χ3n) is 5.02. The maximum Gasteiger partial charge on any atom is 0.277 e. The first kappa shape index (κ1) is 21.2. The standard InChI is InChI=1S/C23H26N4O3S/c1-2-29-20-12-6-17(7-13-20)22-25-26-23(30-22)31-16-21(28)24-18-8-10-19(11-9-18)27-14-4-3-5-15-27/h6-13H,2-5,14-16H2,1H3,(H,24,28). The second-order valence-electron chi connectivity index (χ2n) is 7.26. The van der Waals surface area contributed by atoms with Gasteiger partial charge in [0.2, 0.25) is 11.8 Å². The Balaban J connectivity index is 1.27. The second kappa shape index (κ2) is 10.3. The number of hydrogen-bond acceptors (Lipinski definition) is 7. The first-order valence-corrected chi connectivity index (χ1v) is 11.5. The predicted molar refractivity (Wildman–Crippen MR) is 123 cm³/mol. The van der Waals surface area contributed by atoms with E-state index in [1.54, 1.807) is 0 Å². The number of ether oxygens (including phenoxy) is 1. The summed E-state index contributed by atoms with van der Waals surface area (Å²) in [4.78, 5) is 14.7. The van der Waals surface area contributed by atoms with Crippen molar-refractivity contribution in [3.63, 3.8) is 0 Å². The van der Waals surface area contributed by atoms with Gasteiger partial charge in [0.1, 0.15) is 5.75 Å². The summed E-state index contributed by atoms with van der Waals surface area (Å²) >= 11 is 1.22. The number of amides is 1. The van der Waals surface area contributed by atoms with Crippen LogP contribution in [0.5, 0.6) is 5.75 Å². The van der Waals surface area contributed by atoms with Crippen LogP contribution in [0.4, 0.5) is 11.4 Å². The molecular formula is C23H26N4O3S. The van der Waals surface area contributed by atoms with E-state index in [4.69, 9.17) is 9.15 Å². The summed E-state index contributed by atoms with van der Waals surface area (Å²) in [7, 11) is 0. The van der Waals surface area contributed by atoms with E-state index in [0.717, 1.165) is 30.1 Å². The van der Waals surface area contributed by atoms with E-state index in [2.05, 4.69) is 32.5 Å². The Bertz CT molecular complexity index is 983. The first-order chi connectivity index (χ1) is 15.2. The van der Waals surface area contributed by atoms with Crippen LogP contribution < -0.4 is 15.0 Å². The van der Waals surface area contributed by atoms with Crippen molar-refractivity contribution in [1.29, 1.82) is 0 Å². The Labute approximate surface area is 186 Å². The molecule has 31 heavy (non-hydrogen) atoms. The van der Waals surface area contributed by atoms with Crippen molar-refractivity contribution in [2.75, 3.05) is 35.7 Å². The first-order valence-electron chi connectivity index (χ1n) is 10.6. The topological polar surface area (TPSA) is 80.5 Å². The van der Waals surface area contributed by atoms with Crippen LogP contribution >= 0.6 is 11.8 Å². The monoisotopic (exact) mass is 438 g/mol. The summed E-state index contributed by atoms with van der Waals surface area (Å²) in [5, 5.41) is 11.4. The summed E-state index contributed by atoms with van der Waals surface area (Å²) in [5.41, 5.74) is 2.80. The van der Waals surface area contributed by atoms with Crippen molar-refractivity contribution in [2.24, 2.45) is 0 Å². The van der Waals surface area contributed by atoms with Gasteiger partial charge in [0, 0.05) is 30.0 Å². The lowest BCUT2D eigenvalue weighted by molar-refractivity contribution is -0.113. The van der Waals surface area contributed by atoms with Crippen molar-refractivity contribution in [1.82, 2.24) is 10.2 Å². The molecule has 1 fully saturated rings. The van der Waals surface area contributed by atoms with Crippen LogP contribution in [0.1, 0.15) is 26.2 Å². The lowest BCUT2D eigenvalue weighted by Crippen LogP contribution is -2.29. The van der Waals surface area contributed by atoms with Crippen molar-refractivity contribution in [3.8, 4) is 17.2 Å². The van der Waals surface area contributed by atoms with E-state index >= 15 is 0 Å². The van der Waals surface area contributed by atoms with E-state index in [9.17, 15) is 4.79 Å². The predicted octanol–water partition coefficient (Wildman–Crippen LogP) is 4.86. The van der Waals surface area contributed by atoms with E-state index in [1.807, 2.05) is 43.3 Å². The zero-order valence-corrected chi connectivity index (χ0v) is 18.4. The number of rotatable bonds is 8. The fraction of sp³-hybridized carbons (Fsp3) is 0.348. The Kier molecular flexibility index (Phi) is 7.09. The van der Waals surface area contributed by atoms with E-state index in [-0.39, 0.29) is 11.7 Å². The molecule has 1 N–H and O–H groups in total. The molecule has 0 spiro atoms. The van der Waals surface area contributed by atoms with Crippen LogP contribution in [-0.2, 0) is 4.79 Å². The minimum atomic E-state index is -0.114. The minimum Gasteiger partial charge on any atom is -0.494 e. The van der Waals surface area contributed by atoms with Crippen molar-refractivity contribution in [3.05, 3.63) is 48.5 Å². The summed E-state index contributed by atoms with van der Waals surface area (Å²) in [6, 6.07) is 15.5. The molecular weight excluding hydrogens is 412 g/mol. The van der Waals surface area contributed by atoms with E-state index in [0.29, 0.717) is 17.7 Å². The van der Waals surface area contributed by atoms with Gasteiger partial charge in [0.05, 0.1) is 12.4 Å². The van der Waals surface area contributed by atoms with Crippen molar-refractivity contribution < 1.29 is 13.9 Å². The van der Waals surface area contributed by atoms with Crippen LogP contribution in [0, 0.1) is 0 Å². The average Bonchev–Trinajstić information content (AvgIpc) is 3.29. The van der Waals surface area contributed by atoms with Gasteiger partial charge in [-0.2, -0.15) is 0 Å². The van der Waals surface area contributed by atoms with Crippen LogP contribution in [0.15, 0.2) is 58.2 Å². The third kappa shape index (κ3) is 5.79. The number of hydrogen-bond donors (Lipinski definition) is 1. The molecule has 2 heterocycles. The highest BCUT2D eigenvalue weighted by Gasteiger charge is 2.13. The molecule has 0 bridgehead atoms. The number of carbonyl (C=O) groups excluding carboxylic acids is 1. The van der Waals surface area contributed by atoms with Crippen LogP contribution in [-0.4, -0.2) is 41.6 Å². The number of piperidine rings is 1. The second-order valence-corrected chi connectivity index (χ2v) is 8.19. The molecule has 1 saturated heterocycles. The largest absolute Gasteiger partial charge is 0.494 e. The number of benzene rings is 2. The molecule has 1 aromatic heterocycles. The Morgan fingerprint density at radius 3 is 2.52 bits per heavy atom. The van der Waals surface area contributed by atoms with Gasteiger partial charge in [-0.25, -0.2) is 0 Å². The zero-order valence-electron chi connectivity index (χ0n) is 17.5. The fourth-order valence-electron chi connectivity index (χ4n) is 3.48. The molecule has 0 atom stereocenters. The van der Waals surface area contributed by atoms with Crippen LogP contribution in [0.25, 0.3) is 11.5 Å². The molecule has 1 amide bonds. The van der Waals surface area contributed by atoms with Crippen LogP contribution in [0.2, 0.25) is 0 Å². The number of carbonyl (C=O) groups is 1. The highest BCUT2D eigenvalue weighted by atomic mass is 32.2. The highest BCUT2D eigenvalue weighted by Crippen LogP contribution is 2.25. The smallest absolute Gasteiger partial charge is 0.277 e. The Hall–Kier alpha value is -3.00. The highest BCUT2D eigenvalue weighted by molar-refractivity contribution is 7.99. The lowest BCUT2D eigenvalue weighted by atomic mass is 10.1. The molecule has 7 nitrogen and oxygen atoms in total. The number of nitrogens with one attached hydrogen (secondary N) is 1. The minimum absolute atomic E-state index is 0.114. The zero-order chi connectivity index (χ0) is 21.5. The van der Waals surface area contributed by atoms with Gasteiger partial charge in [-0.15, -0.1) is 10.2 Å². The van der Waals surface area contributed by atoms with Gasteiger partial charge in [-0.05, 0) is 74.7 Å². The molecule has 0 saturated carbocycles. The molecule has 1 aliphatic rings.